The molecular formula is C16H19ClN2O4. The number of halogens is 1. The number of methoxy groups -OCH3 is 1. The van der Waals surface area contributed by atoms with Crippen molar-refractivity contribution >= 4 is 23.2 Å². The minimum atomic E-state index is -0.543. The lowest BCUT2D eigenvalue weighted by Gasteiger charge is -2.15. The number of furan rings is 1. The van der Waals surface area contributed by atoms with Crippen molar-refractivity contribution in [3.8, 4) is 5.75 Å². The summed E-state index contributed by atoms with van der Waals surface area (Å²) in [5, 5.41) is 15.7. The molecule has 2 rings (SSSR count). The lowest BCUT2D eigenvalue weighted by Crippen LogP contribution is -2.31. The summed E-state index contributed by atoms with van der Waals surface area (Å²) in [6.45, 7) is 0.174. The van der Waals surface area contributed by atoms with E-state index >= 15 is 0 Å². The van der Waals surface area contributed by atoms with Crippen LogP contribution in [-0.2, 0) is 4.79 Å². The van der Waals surface area contributed by atoms with Gasteiger partial charge in [0.25, 0.3) is 0 Å². The number of nitrogens with one attached hydrogen (secondary N) is 2. The molecule has 0 aliphatic rings. The van der Waals surface area contributed by atoms with Crippen LogP contribution in [0.3, 0.4) is 0 Å². The number of amides is 1. The SMILES string of the molecule is COc1ccc(Cl)cc1NCCC(=O)NC(CO)c1ccco1. The van der Waals surface area contributed by atoms with Crippen molar-refractivity contribution < 1.29 is 19.1 Å². The summed E-state index contributed by atoms with van der Waals surface area (Å²) in [6.07, 6.45) is 1.73. The van der Waals surface area contributed by atoms with Gasteiger partial charge in [0.05, 0.1) is 25.7 Å². The Morgan fingerprint density at radius 2 is 2.26 bits per heavy atom. The summed E-state index contributed by atoms with van der Waals surface area (Å²) >= 11 is 5.95. The number of hydrogen-bond donors (Lipinski definition) is 3. The summed E-state index contributed by atoms with van der Waals surface area (Å²) < 4.78 is 10.4. The number of carbonyl (C=O) groups excluding carboxylic acids is 1. The van der Waals surface area contributed by atoms with E-state index in [0.717, 1.165) is 5.69 Å². The van der Waals surface area contributed by atoms with Crippen LogP contribution in [0.4, 0.5) is 5.69 Å². The summed E-state index contributed by atoms with van der Waals surface area (Å²) in [5.74, 6) is 0.970. The van der Waals surface area contributed by atoms with Crippen LogP contribution < -0.4 is 15.4 Å². The molecule has 23 heavy (non-hydrogen) atoms. The number of aliphatic hydroxyl groups excluding tert-OH is 1. The van der Waals surface area contributed by atoms with E-state index < -0.39 is 6.04 Å². The molecule has 1 heterocycles. The summed E-state index contributed by atoms with van der Waals surface area (Å²) in [7, 11) is 1.57. The third kappa shape index (κ3) is 4.91. The maximum Gasteiger partial charge on any atom is 0.222 e. The molecule has 1 unspecified atom stereocenters. The van der Waals surface area contributed by atoms with E-state index in [1.807, 2.05) is 0 Å². The predicted octanol–water partition coefficient (Wildman–Crippen LogP) is 2.59. The maximum absolute atomic E-state index is 12.0. The second-order valence-electron chi connectivity index (χ2n) is 4.84. The first-order valence-electron chi connectivity index (χ1n) is 7.15. The third-order valence-electron chi connectivity index (χ3n) is 3.23. The fourth-order valence-corrected chi connectivity index (χ4v) is 2.26. The van der Waals surface area contributed by atoms with Crippen molar-refractivity contribution in [2.45, 2.75) is 12.5 Å². The van der Waals surface area contributed by atoms with Gasteiger partial charge in [0.2, 0.25) is 5.91 Å². The molecule has 3 N–H and O–H groups in total. The quantitative estimate of drug-likeness (QED) is 0.689. The standard InChI is InChI=1S/C16H19ClN2O4/c1-22-14-5-4-11(17)9-12(14)18-7-6-16(21)19-13(10-20)15-3-2-8-23-15/h2-5,8-9,13,18,20H,6-7,10H2,1H3,(H,19,21). The van der Waals surface area contributed by atoms with Gasteiger partial charge in [-0.05, 0) is 30.3 Å². The summed E-state index contributed by atoms with van der Waals surface area (Å²) in [6, 6.07) is 8.08. The molecule has 1 aromatic carbocycles. The summed E-state index contributed by atoms with van der Waals surface area (Å²) in [4.78, 5) is 12.0. The van der Waals surface area contributed by atoms with Gasteiger partial charge in [-0.3, -0.25) is 4.79 Å². The van der Waals surface area contributed by atoms with Crippen LogP contribution >= 0.6 is 11.6 Å². The van der Waals surface area contributed by atoms with Crippen molar-refractivity contribution in [3.05, 3.63) is 47.4 Å². The largest absolute Gasteiger partial charge is 0.495 e. The van der Waals surface area contributed by atoms with E-state index in [4.69, 9.17) is 20.8 Å². The average Bonchev–Trinajstić information content (AvgIpc) is 3.07. The van der Waals surface area contributed by atoms with Crippen LogP contribution in [0.15, 0.2) is 41.0 Å². The highest BCUT2D eigenvalue weighted by molar-refractivity contribution is 6.30. The third-order valence-corrected chi connectivity index (χ3v) is 3.47. The molecule has 7 heteroatoms. The normalized spacial score (nSPS) is 11.8. The van der Waals surface area contributed by atoms with Gasteiger partial charge in [-0.2, -0.15) is 0 Å². The van der Waals surface area contributed by atoms with E-state index in [2.05, 4.69) is 10.6 Å². The van der Waals surface area contributed by atoms with Crippen molar-refractivity contribution in [2.75, 3.05) is 25.6 Å². The molecule has 1 aromatic heterocycles. The Kier molecular flexibility index (Phi) is 6.31. The van der Waals surface area contributed by atoms with Gasteiger partial charge < -0.3 is 24.9 Å². The minimum Gasteiger partial charge on any atom is -0.495 e. The van der Waals surface area contributed by atoms with Gasteiger partial charge >= 0.3 is 0 Å². The zero-order valence-corrected chi connectivity index (χ0v) is 13.5. The second-order valence-corrected chi connectivity index (χ2v) is 5.28. The molecule has 0 radical (unpaired) electrons. The maximum atomic E-state index is 12.0. The van der Waals surface area contributed by atoms with Crippen LogP contribution in [0.5, 0.6) is 5.75 Å². The first-order chi connectivity index (χ1) is 11.1. The number of carbonyl (C=O) groups is 1. The molecule has 0 saturated heterocycles. The van der Waals surface area contributed by atoms with E-state index in [1.165, 1.54) is 6.26 Å². The van der Waals surface area contributed by atoms with Crippen LogP contribution in [-0.4, -0.2) is 31.3 Å². The van der Waals surface area contributed by atoms with E-state index in [1.54, 1.807) is 37.4 Å². The first kappa shape index (κ1) is 17.2. The molecule has 0 spiro atoms. The first-order valence-corrected chi connectivity index (χ1v) is 7.53. The van der Waals surface area contributed by atoms with Crippen molar-refractivity contribution in [1.29, 1.82) is 0 Å². The van der Waals surface area contributed by atoms with Gasteiger partial charge in [0, 0.05) is 18.0 Å². The summed E-state index contributed by atoms with van der Waals surface area (Å²) in [5.41, 5.74) is 0.720. The highest BCUT2D eigenvalue weighted by atomic mass is 35.5. The number of anilines is 1. The average molecular weight is 339 g/mol. The fourth-order valence-electron chi connectivity index (χ4n) is 2.09. The molecule has 6 nitrogen and oxygen atoms in total. The molecular weight excluding hydrogens is 320 g/mol. The molecule has 2 aromatic rings. The molecule has 124 valence electrons. The fraction of sp³-hybridized carbons (Fsp3) is 0.312. The molecule has 0 fully saturated rings. The number of benzene rings is 1. The zero-order chi connectivity index (χ0) is 16.7. The van der Waals surface area contributed by atoms with Crippen molar-refractivity contribution in [1.82, 2.24) is 5.32 Å². The molecule has 1 atom stereocenters. The Morgan fingerprint density at radius 1 is 1.43 bits per heavy atom. The van der Waals surface area contributed by atoms with E-state index in [-0.39, 0.29) is 18.9 Å². The van der Waals surface area contributed by atoms with Crippen molar-refractivity contribution in [2.24, 2.45) is 0 Å². The van der Waals surface area contributed by atoms with Crippen LogP contribution in [0.25, 0.3) is 0 Å². The van der Waals surface area contributed by atoms with E-state index in [0.29, 0.717) is 23.1 Å². The lowest BCUT2D eigenvalue weighted by molar-refractivity contribution is -0.122. The highest BCUT2D eigenvalue weighted by Gasteiger charge is 2.15. The Hall–Kier alpha value is -2.18. The Balaban J connectivity index is 1.84. The second kappa shape index (κ2) is 8.45. The number of ether oxygens (including phenoxy) is 1. The van der Waals surface area contributed by atoms with E-state index in [9.17, 15) is 9.90 Å². The monoisotopic (exact) mass is 338 g/mol. The molecule has 0 bridgehead atoms. The molecule has 0 saturated carbocycles. The van der Waals surface area contributed by atoms with Crippen LogP contribution in [0, 0.1) is 0 Å². The number of rotatable bonds is 8. The van der Waals surface area contributed by atoms with Crippen molar-refractivity contribution in [3.63, 3.8) is 0 Å². The molecule has 0 aliphatic heterocycles. The lowest BCUT2D eigenvalue weighted by atomic mass is 10.2. The van der Waals surface area contributed by atoms with Gasteiger partial charge in [-0.25, -0.2) is 0 Å². The Bertz CT molecular complexity index is 631. The minimum absolute atomic E-state index is 0.200. The van der Waals surface area contributed by atoms with Gasteiger partial charge in [0.1, 0.15) is 17.6 Å². The van der Waals surface area contributed by atoms with Crippen LogP contribution in [0.2, 0.25) is 5.02 Å². The van der Waals surface area contributed by atoms with Gasteiger partial charge in [-0.1, -0.05) is 11.6 Å². The molecule has 1 amide bonds. The molecule has 0 aliphatic carbocycles. The smallest absolute Gasteiger partial charge is 0.222 e. The van der Waals surface area contributed by atoms with Gasteiger partial charge in [-0.15, -0.1) is 0 Å². The zero-order valence-electron chi connectivity index (χ0n) is 12.7. The van der Waals surface area contributed by atoms with Crippen LogP contribution in [0.1, 0.15) is 18.2 Å². The van der Waals surface area contributed by atoms with Gasteiger partial charge in [0.15, 0.2) is 0 Å². The number of aliphatic hydroxyl groups is 1. The number of hydrogen-bond acceptors (Lipinski definition) is 5. The highest BCUT2D eigenvalue weighted by Crippen LogP contribution is 2.27. The Morgan fingerprint density at radius 3 is 2.91 bits per heavy atom. The predicted molar refractivity (Wildman–Crippen MR) is 87.8 cm³/mol. The Labute approximate surface area is 139 Å². The topological polar surface area (TPSA) is 83.7 Å².